The molecule has 1 aromatic heterocycles. The number of carbonyl (C=O) groups excluding carboxylic acids is 1. The van der Waals surface area contributed by atoms with Crippen LogP contribution < -0.4 is 5.32 Å². The van der Waals surface area contributed by atoms with Gasteiger partial charge < -0.3 is 9.73 Å². The lowest BCUT2D eigenvalue weighted by atomic mass is 10.1. The number of amides is 1. The van der Waals surface area contributed by atoms with E-state index in [1.165, 1.54) is 6.39 Å². The molecule has 3 rings (SSSR count). The summed E-state index contributed by atoms with van der Waals surface area (Å²) >= 11 is 5.89. The molecule has 0 saturated heterocycles. The number of nitrogens with zero attached hydrogens (tertiary/aromatic N) is 2. The molecule has 0 aliphatic carbocycles. The molecule has 6 heteroatoms. The second-order valence-electron chi connectivity index (χ2n) is 4.74. The predicted molar refractivity (Wildman–Crippen MR) is 86.1 cm³/mol. The zero-order valence-electron chi connectivity index (χ0n) is 11.8. The predicted octanol–water partition coefficient (Wildman–Crippen LogP) is 4.12. The second kappa shape index (κ2) is 6.34. The molecule has 0 radical (unpaired) electrons. The van der Waals surface area contributed by atoms with Crippen LogP contribution in [-0.2, 0) is 0 Å². The largest absolute Gasteiger partial charge is 0.444 e. The summed E-state index contributed by atoms with van der Waals surface area (Å²) in [5.74, 6) is 0.200. The first-order chi connectivity index (χ1) is 11.2. The monoisotopic (exact) mass is 323 g/mol. The Hall–Kier alpha value is -3.10. The molecule has 3 aromatic rings. The average Bonchev–Trinajstić information content (AvgIpc) is 3.09. The smallest absolute Gasteiger partial charge is 0.255 e. The number of hydrogen-bond acceptors (Lipinski definition) is 4. The van der Waals surface area contributed by atoms with Crippen LogP contribution in [0.5, 0.6) is 0 Å². The summed E-state index contributed by atoms with van der Waals surface area (Å²) in [5.41, 5.74) is 1.98. The van der Waals surface area contributed by atoms with E-state index in [1.54, 1.807) is 48.7 Å². The highest BCUT2D eigenvalue weighted by Gasteiger charge is 2.10. The fourth-order valence-corrected chi connectivity index (χ4v) is 2.29. The van der Waals surface area contributed by atoms with Gasteiger partial charge in [-0.25, -0.2) is 4.98 Å². The van der Waals surface area contributed by atoms with Crippen molar-refractivity contribution in [3.8, 4) is 17.4 Å². The zero-order valence-corrected chi connectivity index (χ0v) is 12.5. The van der Waals surface area contributed by atoms with Crippen LogP contribution in [0.25, 0.3) is 11.3 Å². The first-order valence-corrected chi connectivity index (χ1v) is 7.04. The quantitative estimate of drug-likeness (QED) is 0.786. The molecule has 0 spiro atoms. The van der Waals surface area contributed by atoms with Crippen molar-refractivity contribution in [3.63, 3.8) is 0 Å². The van der Waals surface area contributed by atoms with Crippen LogP contribution in [0.4, 0.5) is 5.69 Å². The van der Waals surface area contributed by atoms with Crippen molar-refractivity contribution in [1.29, 1.82) is 5.26 Å². The summed E-state index contributed by atoms with van der Waals surface area (Å²) in [6, 6.07) is 13.6. The van der Waals surface area contributed by atoms with Crippen LogP contribution in [0, 0.1) is 11.3 Å². The van der Waals surface area contributed by atoms with E-state index in [1.807, 2.05) is 0 Å². The molecule has 0 fully saturated rings. The lowest BCUT2D eigenvalue weighted by molar-refractivity contribution is 0.102. The average molecular weight is 324 g/mol. The molecule has 0 atom stereocenters. The summed E-state index contributed by atoms with van der Waals surface area (Å²) in [6.45, 7) is 0. The van der Waals surface area contributed by atoms with Crippen molar-refractivity contribution in [2.75, 3.05) is 5.32 Å². The van der Waals surface area contributed by atoms with Crippen molar-refractivity contribution in [3.05, 3.63) is 71.2 Å². The molecule has 112 valence electrons. The van der Waals surface area contributed by atoms with E-state index < -0.39 is 0 Å². The topological polar surface area (TPSA) is 78.9 Å². The zero-order chi connectivity index (χ0) is 16.2. The van der Waals surface area contributed by atoms with E-state index in [2.05, 4.69) is 16.4 Å². The molecule has 23 heavy (non-hydrogen) atoms. The third kappa shape index (κ3) is 3.39. The third-order valence-electron chi connectivity index (χ3n) is 3.12. The van der Waals surface area contributed by atoms with E-state index in [-0.39, 0.29) is 5.91 Å². The van der Waals surface area contributed by atoms with Gasteiger partial charge in [-0.15, -0.1) is 0 Å². The van der Waals surface area contributed by atoms with Gasteiger partial charge in [-0.05, 0) is 36.4 Å². The van der Waals surface area contributed by atoms with E-state index in [0.717, 1.165) is 0 Å². The first-order valence-electron chi connectivity index (χ1n) is 6.67. The Morgan fingerprint density at radius 1 is 1.26 bits per heavy atom. The Balaban J connectivity index is 1.92. The fourth-order valence-electron chi connectivity index (χ4n) is 2.10. The Morgan fingerprint density at radius 2 is 2.13 bits per heavy atom. The summed E-state index contributed by atoms with van der Waals surface area (Å²) in [4.78, 5) is 16.1. The fraction of sp³-hybridized carbons (Fsp3) is 0. The van der Waals surface area contributed by atoms with Gasteiger partial charge in [0.15, 0.2) is 12.2 Å². The number of halogens is 1. The summed E-state index contributed by atoms with van der Waals surface area (Å²) in [6.07, 6.45) is 2.84. The Morgan fingerprint density at radius 3 is 2.83 bits per heavy atom. The molecule has 1 heterocycles. The molecule has 2 aromatic carbocycles. The minimum absolute atomic E-state index is 0.314. The van der Waals surface area contributed by atoms with Gasteiger partial charge >= 0.3 is 0 Å². The van der Waals surface area contributed by atoms with Crippen LogP contribution >= 0.6 is 11.6 Å². The van der Waals surface area contributed by atoms with Crippen LogP contribution in [-0.4, -0.2) is 10.9 Å². The number of oxazole rings is 1. The number of carbonyl (C=O) groups is 1. The van der Waals surface area contributed by atoms with Crippen molar-refractivity contribution in [1.82, 2.24) is 4.98 Å². The van der Waals surface area contributed by atoms with Gasteiger partial charge in [0, 0.05) is 21.8 Å². The van der Waals surface area contributed by atoms with E-state index in [9.17, 15) is 4.79 Å². The summed E-state index contributed by atoms with van der Waals surface area (Å²) in [5, 5.41) is 12.4. The van der Waals surface area contributed by atoms with Crippen molar-refractivity contribution in [2.45, 2.75) is 0 Å². The molecule has 1 amide bonds. The first kappa shape index (κ1) is 14.8. The van der Waals surface area contributed by atoms with Crippen molar-refractivity contribution in [2.24, 2.45) is 0 Å². The van der Waals surface area contributed by atoms with Gasteiger partial charge in [-0.1, -0.05) is 17.7 Å². The molecule has 5 nitrogen and oxygen atoms in total. The normalized spacial score (nSPS) is 10.1. The van der Waals surface area contributed by atoms with Gasteiger partial charge in [0.2, 0.25) is 0 Å². The molecule has 0 aliphatic rings. The number of rotatable bonds is 3. The summed E-state index contributed by atoms with van der Waals surface area (Å²) < 4.78 is 5.23. The number of nitrogens with one attached hydrogen (secondary N) is 1. The van der Waals surface area contributed by atoms with Crippen LogP contribution in [0.2, 0.25) is 5.02 Å². The van der Waals surface area contributed by atoms with Crippen LogP contribution in [0.3, 0.4) is 0 Å². The Bertz CT molecular complexity index is 898. The second-order valence-corrected chi connectivity index (χ2v) is 5.18. The maximum absolute atomic E-state index is 12.3. The molecule has 0 bridgehead atoms. The SMILES string of the molecule is N#Cc1cc(NC(=O)c2cccc(Cl)c2)cc(-c2cnco2)c1. The lowest BCUT2D eigenvalue weighted by Crippen LogP contribution is -2.12. The van der Waals surface area contributed by atoms with Gasteiger partial charge in [-0.2, -0.15) is 5.26 Å². The van der Waals surface area contributed by atoms with Crippen molar-refractivity contribution >= 4 is 23.2 Å². The number of nitriles is 1. The van der Waals surface area contributed by atoms with E-state index >= 15 is 0 Å². The third-order valence-corrected chi connectivity index (χ3v) is 3.36. The molecule has 0 saturated carbocycles. The Kier molecular flexibility index (Phi) is 4.09. The van der Waals surface area contributed by atoms with Gasteiger partial charge in [0.1, 0.15) is 0 Å². The standard InChI is InChI=1S/C17H10ClN3O2/c18-14-3-1-2-12(6-14)17(22)21-15-5-11(8-19)4-13(7-15)16-9-20-10-23-16/h1-7,9-10H,(H,21,22). The molecular weight excluding hydrogens is 314 g/mol. The van der Waals surface area contributed by atoms with E-state index in [0.29, 0.717) is 33.2 Å². The highest BCUT2D eigenvalue weighted by molar-refractivity contribution is 6.31. The van der Waals surface area contributed by atoms with E-state index in [4.69, 9.17) is 21.3 Å². The Labute approximate surface area is 137 Å². The molecule has 0 aliphatic heterocycles. The highest BCUT2D eigenvalue weighted by atomic mass is 35.5. The van der Waals surface area contributed by atoms with Gasteiger partial charge in [0.05, 0.1) is 17.8 Å². The number of hydrogen-bond donors (Lipinski definition) is 1. The van der Waals surface area contributed by atoms with Gasteiger partial charge in [-0.3, -0.25) is 4.79 Å². The van der Waals surface area contributed by atoms with Crippen molar-refractivity contribution < 1.29 is 9.21 Å². The number of benzene rings is 2. The highest BCUT2D eigenvalue weighted by Crippen LogP contribution is 2.25. The maximum atomic E-state index is 12.3. The summed E-state index contributed by atoms with van der Waals surface area (Å²) in [7, 11) is 0. The van der Waals surface area contributed by atoms with Gasteiger partial charge in [0.25, 0.3) is 5.91 Å². The van der Waals surface area contributed by atoms with Crippen LogP contribution in [0.1, 0.15) is 15.9 Å². The number of anilines is 1. The molecule has 1 N–H and O–H groups in total. The minimum atomic E-state index is -0.314. The molecule has 0 unspecified atom stereocenters. The maximum Gasteiger partial charge on any atom is 0.255 e. The minimum Gasteiger partial charge on any atom is -0.444 e. The van der Waals surface area contributed by atoms with Crippen LogP contribution in [0.15, 0.2) is 59.5 Å². The lowest BCUT2D eigenvalue weighted by Gasteiger charge is -2.08. The molecular formula is C17H10ClN3O2. The number of aromatic nitrogens is 1.